The summed E-state index contributed by atoms with van der Waals surface area (Å²) in [4.78, 5) is 0. The molecule has 0 aliphatic carbocycles. The molecule has 0 radical (unpaired) electrons. The van der Waals surface area contributed by atoms with Crippen LogP contribution >= 0.6 is 0 Å². The highest BCUT2D eigenvalue weighted by Gasteiger charge is 2.27. The second kappa shape index (κ2) is 5.80. The van der Waals surface area contributed by atoms with Crippen LogP contribution in [0.3, 0.4) is 0 Å². The van der Waals surface area contributed by atoms with Crippen LogP contribution < -0.4 is 5.32 Å². The fourth-order valence-electron chi connectivity index (χ4n) is 1.45. The van der Waals surface area contributed by atoms with Crippen LogP contribution in [-0.2, 0) is 13.6 Å². The molecular weight excluding hydrogens is 222 g/mol. The summed E-state index contributed by atoms with van der Waals surface area (Å²) in [5.74, 6) is 0. The first-order chi connectivity index (χ1) is 8.10. The summed E-state index contributed by atoms with van der Waals surface area (Å²) >= 11 is 0. The fourth-order valence-corrected chi connectivity index (χ4v) is 1.45. The average Bonchev–Trinajstić information content (AvgIpc) is 2.72. The van der Waals surface area contributed by atoms with Gasteiger partial charge >= 0.3 is 0 Å². The molecule has 0 aliphatic rings. The van der Waals surface area contributed by atoms with Crippen molar-refractivity contribution < 1.29 is 15.3 Å². The van der Waals surface area contributed by atoms with E-state index in [1.54, 1.807) is 23.9 Å². The van der Waals surface area contributed by atoms with Crippen LogP contribution in [0.5, 0.6) is 0 Å². The third-order valence-corrected chi connectivity index (χ3v) is 2.75. The Hall–Kier alpha value is -1.39. The van der Waals surface area contributed by atoms with Crippen molar-refractivity contribution in [1.82, 2.24) is 9.88 Å². The Morgan fingerprint density at radius 2 is 1.94 bits per heavy atom. The normalized spacial score (nSPS) is 11.5. The number of aliphatic hydroxyl groups is 3. The molecule has 1 aromatic heterocycles. The van der Waals surface area contributed by atoms with E-state index in [9.17, 15) is 0 Å². The lowest BCUT2D eigenvalue weighted by molar-refractivity contribution is 0.0414. The molecule has 0 atom stereocenters. The number of hydrogen-bond acceptors (Lipinski definition) is 5. The molecule has 17 heavy (non-hydrogen) atoms. The second-order valence-electron chi connectivity index (χ2n) is 4.06. The van der Waals surface area contributed by atoms with Gasteiger partial charge in [0.2, 0.25) is 0 Å². The number of nitrogens with one attached hydrogen (secondary N) is 1. The van der Waals surface area contributed by atoms with Gasteiger partial charge in [-0.15, -0.1) is 0 Å². The van der Waals surface area contributed by atoms with E-state index in [1.807, 2.05) is 6.07 Å². The maximum absolute atomic E-state index is 9.12. The molecule has 0 aromatic carbocycles. The minimum atomic E-state index is -1.09. The van der Waals surface area contributed by atoms with Gasteiger partial charge < -0.3 is 25.2 Å². The lowest BCUT2D eigenvalue weighted by Crippen LogP contribution is -2.54. The molecule has 6 heteroatoms. The van der Waals surface area contributed by atoms with E-state index in [0.717, 1.165) is 5.56 Å². The quantitative estimate of drug-likeness (QED) is 0.494. The first-order valence-corrected chi connectivity index (χ1v) is 5.24. The summed E-state index contributed by atoms with van der Waals surface area (Å²) in [6.45, 7) is -0.731. The number of aromatic nitrogens is 1. The highest BCUT2D eigenvalue weighted by atomic mass is 16.3. The average molecular weight is 239 g/mol. The Bertz CT molecular complexity index is 396. The molecule has 0 amide bonds. The Morgan fingerprint density at radius 1 is 1.35 bits per heavy atom. The van der Waals surface area contributed by atoms with Gasteiger partial charge in [0, 0.05) is 19.8 Å². The smallest absolute Gasteiger partial charge is 0.120 e. The lowest BCUT2D eigenvalue weighted by atomic mass is 10.0. The van der Waals surface area contributed by atoms with Crippen molar-refractivity contribution in [3.05, 3.63) is 23.5 Å². The number of aryl methyl sites for hydroxylation is 1. The van der Waals surface area contributed by atoms with Gasteiger partial charge in [0.25, 0.3) is 0 Å². The van der Waals surface area contributed by atoms with E-state index >= 15 is 0 Å². The summed E-state index contributed by atoms with van der Waals surface area (Å²) < 4.78 is 1.69. The molecule has 0 saturated heterocycles. The van der Waals surface area contributed by atoms with Crippen molar-refractivity contribution in [2.24, 2.45) is 7.05 Å². The first-order valence-electron chi connectivity index (χ1n) is 5.24. The second-order valence-corrected chi connectivity index (χ2v) is 4.06. The van der Waals surface area contributed by atoms with E-state index in [4.69, 9.17) is 20.6 Å². The van der Waals surface area contributed by atoms with Gasteiger partial charge in [-0.05, 0) is 11.6 Å². The molecule has 0 bridgehead atoms. The third kappa shape index (κ3) is 3.05. The molecule has 0 fully saturated rings. The van der Waals surface area contributed by atoms with Crippen LogP contribution in [0, 0.1) is 11.3 Å². The summed E-state index contributed by atoms with van der Waals surface area (Å²) in [6, 6.07) is 3.75. The van der Waals surface area contributed by atoms with Gasteiger partial charge in [-0.25, -0.2) is 0 Å². The highest BCUT2D eigenvalue weighted by molar-refractivity contribution is 5.28. The Kier molecular flexibility index (Phi) is 4.66. The van der Waals surface area contributed by atoms with E-state index in [1.165, 1.54) is 0 Å². The molecule has 1 heterocycles. The standard InChI is InChI=1S/C11H17N3O3/c1-14-5-9(2-10(14)3-12)4-13-11(6-15,7-16)8-17/h2,5,13,15-17H,4,6-8H2,1H3. The SMILES string of the molecule is Cn1cc(CNC(CO)(CO)CO)cc1C#N. The Balaban J connectivity index is 2.69. The lowest BCUT2D eigenvalue weighted by Gasteiger charge is -2.28. The minimum Gasteiger partial charge on any atom is -0.394 e. The minimum absolute atomic E-state index is 0.358. The van der Waals surface area contributed by atoms with Gasteiger partial charge in [-0.2, -0.15) is 5.26 Å². The molecule has 4 N–H and O–H groups in total. The maximum Gasteiger partial charge on any atom is 0.120 e. The third-order valence-electron chi connectivity index (χ3n) is 2.75. The van der Waals surface area contributed by atoms with Gasteiger partial charge in [0.1, 0.15) is 11.8 Å². The summed E-state index contributed by atoms with van der Waals surface area (Å²) in [5, 5.41) is 39.0. The molecule has 0 spiro atoms. The van der Waals surface area contributed by atoms with Crippen LogP contribution in [0.1, 0.15) is 11.3 Å². The van der Waals surface area contributed by atoms with Crippen LogP contribution in [0.25, 0.3) is 0 Å². The Morgan fingerprint density at radius 3 is 2.35 bits per heavy atom. The van der Waals surface area contributed by atoms with E-state index < -0.39 is 5.54 Å². The van der Waals surface area contributed by atoms with Crippen molar-refractivity contribution in [3.63, 3.8) is 0 Å². The van der Waals surface area contributed by atoms with Gasteiger partial charge in [-0.1, -0.05) is 0 Å². The molecule has 1 rings (SSSR count). The van der Waals surface area contributed by atoms with Crippen LogP contribution in [0.15, 0.2) is 12.3 Å². The molecule has 0 aliphatic heterocycles. The summed E-state index contributed by atoms with van der Waals surface area (Å²) in [6.07, 6.45) is 1.78. The van der Waals surface area contributed by atoms with Crippen molar-refractivity contribution in [2.75, 3.05) is 19.8 Å². The molecule has 1 aromatic rings. The maximum atomic E-state index is 9.12. The summed E-state index contributed by atoms with van der Waals surface area (Å²) in [5.41, 5.74) is 0.288. The molecule has 0 saturated carbocycles. The zero-order valence-corrected chi connectivity index (χ0v) is 9.72. The number of hydrogen-bond donors (Lipinski definition) is 4. The van der Waals surface area contributed by atoms with Gasteiger partial charge in [0.15, 0.2) is 0 Å². The molecule has 6 nitrogen and oxygen atoms in total. The monoisotopic (exact) mass is 239 g/mol. The fraction of sp³-hybridized carbons (Fsp3) is 0.545. The summed E-state index contributed by atoms with van der Waals surface area (Å²) in [7, 11) is 1.76. The van der Waals surface area contributed by atoms with Gasteiger partial charge in [-0.3, -0.25) is 0 Å². The van der Waals surface area contributed by atoms with Crippen molar-refractivity contribution >= 4 is 0 Å². The number of aliphatic hydroxyl groups excluding tert-OH is 3. The first kappa shape index (κ1) is 13.7. The topological polar surface area (TPSA) is 101 Å². The number of nitriles is 1. The highest BCUT2D eigenvalue weighted by Crippen LogP contribution is 2.09. The zero-order chi connectivity index (χ0) is 12.9. The molecule has 94 valence electrons. The van der Waals surface area contributed by atoms with E-state index in [-0.39, 0.29) is 19.8 Å². The molecular formula is C11H17N3O3. The van der Waals surface area contributed by atoms with E-state index in [0.29, 0.717) is 12.2 Å². The van der Waals surface area contributed by atoms with Gasteiger partial charge in [0.05, 0.1) is 25.4 Å². The number of nitrogens with zero attached hydrogens (tertiary/aromatic N) is 2. The van der Waals surface area contributed by atoms with Crippen molar-refractivity contribution in [1.29, 1.82) is 5.26 Å². The predicted molar refractivity (Wildman–Crippen MR) is 61.0 cm³/mol. The van der Waals surface area contributed by atoms with Crippen LogP contribution in [0.2, 0.25) is 0 Å². The van der Waals surface area contributed by atoms with E-state index in [2.05, 4.69) is 5.32 Å². The van der Waals surface area contributed by atoms with Crippen molar-refractivity contribution in [2.45, 2.75) is 12.1 Å². The number of rotatable bonds is 6. The zero-order valence-electron chi connectivity index (χ0n) is 9.72. The molecule has 0 unspecified atom stereocenters. The van der Waals surface area contributed by atoms with Crippen LogP contribution in [-0.4, -0.2) is 45.2 Å². The van der Waals surface area contributed by atoms with Crippen LogP contribution in [0.4, 0.5) is 0 Å². The Labute approximate surface area is 99.7 Å². The predicted octanol–water partition coefficient (Wildman–Crippen LogP) is -1.30. The van der Waals surface area contributed by atoms with Crippen molar-refractivity contribution in [3.8, 4) is 6.07 Å². The largest absolute Gasteiger partial charge is 0.394 e.